The van der Waals surface area contributed by atoms with Crippen LogP contribution in [0.4, 0.5) is 5.69 Å². The van der Waals surface area contributed by atoms with Crippen molar-refractivity contribution in [3.8, 4) is 6.07 Å². The number of nitrogens with two attached hydrogens (primary N) is 1. The quantitative estimate of drug-likeness (QED) is 0.206. The summed E-state index contributed by atoms with van der Waals surface area (Å²) in [5.74, 6) is 0.367. The van der Waals surface area contributed by atoms with Gasteiger partial charge in [0.25, 0.3) is 5.69 Å². The third-order valence-electron chi connectivity index (χ3n) is 2.23. The van der Waals surface area contributed by atoms with Crippen LogP contribution in [0.15, 0.2) is 28.7 Å². The number of aliphatic hydroxyl groups excluding tert-OH is 1. The first-order valence-electron chi connectivity index (χ1n) is 5.43. The number of nitrogens with zero attached hydrogens (tertiary/aromatic N) is 2. The molecular formula is C12H11N3O3S2. The first-order chi connectivity index (χ1) is 9.49. The number of nitro groups is 1. The molecular weight excluding hydrogens is 298 g/mol. The lowest BCUT2D eigenvalue weighted by molar-refractivity contribution is -0.387. The average Bonchev–Trinajstić information content (AvgIpc) is 2.42. The molecule has 0 atom stereocenters. The highest BCUT2D eigenvalue weighted by atomic mass is 32.2. The summed E-state index contributed by atoms with van der Waals surface area (Å²) in [5, 5.41) is 28.6. The summed E-state index contributed by atoms with van der Waals surface area (Å²) in [4.78, 5) is 10.9. The molecule has 0 spiro atoms. The van der Waals surface area contributed by atoms with E-state index in [1.807, 2.05) is 6.07 Å². The third-order valence-corrected chi connectivity index (χ3v) is 3.49. The van der Waals surface area contributed by atoms with Gasteiger partial charge < -0.3 is 10.8 Å². The minimum Gasteiger partial charge on any atom is -0.396 e. The highest BCUT2D eigenvalue weighted by Crippen LogP contribution is 2.30. The Morgan fingerprint density at radius 2 is 2.35 bits per heavy atom. The third kappa shape index (κ3) is 4.31. The highest BCUT2D eigenvalue weighted by Gasteiger charge is 2.14. The Bertz CT molecular complexity index is 608. The lowest BCUT2D eigenvalue weighted by Gasteiger charge is -2.03. The normalized spacial score (nSPS) is 10.9. The lowest BCUT2D eigenvalue weighted by atomic mass is 10.1. The van der Waals surface area contributed by atoms with Gasteiger partial charge in [-0.15, -0.1) is 11.8 Å². The molecule has 0 aliphatic heterocycles. The van der Waals surface area contributed by atoms with Crippen LogP contribution in [0.5, 0.6) is 0 Å². The highest BCUT2D eigenvalue weighted by molar-refractivity contribution is 7.99. The van der Waals surface area contributed by atoms with E-state index >= 15 is 0 Å². The fourth-order valence-electron chi connectivity index (χ4n) is 1.37. The first-order valence-corrected chi connectivity index (χ1v) is 6.82. The van der Waals surface area contributed by atoms with Crippen molar-refractivity contribution in [3.63, 3.8) is 0 Å². The van der Waals surface area contributed by atoms with Crippen LogP contribution in [0.2, 0.25) is 0 Å². The summed E-state index contributed by atoms with van der Waals surface area (Å²) in [5.41, 5.74) is 5.83. The SMILES string of the molecule is N#C/C(=C/c1ccc(SCCO)c([N+](=O)[O-])c1)C(N)=S. The van der Waals surface area contributed by atoms with Crippen molar-refractivity contribution < 1.29 is 10.0 Å². The standard InChI is InChI=1S/C12H11N3O3S2/c13-7-9(12(14)19)5-8-1-2-11(20-4-3-16)10(6-8)15(17)18/h1-2,5-6,16H,3-4H2,(H2,14,19)/b9-5-. The molecule has 1 rings (SSSR count). The van der Waals surface area contributed by atoms with Crippen molar-refractivity contribution in [1.29, 1.82) is 5.26 Å². The maximum Gasteiger partial charge on any atom is 0.283 e. The number of rotatable bonds is 6. The van der Waals surface area contributed by atoms with Crippen LogP contribution in [0.3, 0.4) is 0 Å². The van der Waals surface area contributed by atoms with E-state index in [-0.39, 0.29) is 22.9 Å². The van der Waals surface area contributed by atoms with Gasteiger partial charge >= 0.3 is 0 Å². The molecule has 8 heteroatoms. The van der Waals surface area contributed by atoms with E-state index in [4.69, 9.17) is 28.3 Å². The number of thiocarbonyl (C=S) groups is 1. The van der Waals surface area contributed by atoms with E-state index in [0.29, 0.717) is 16.2 Å². The number of benzene rings is 1. The van der Waals surface area contributed by atoms with Gasteiger partial charge in [0.1, 0.15) is 11.1 Å². The Morgan fingerprint density at radius 3 is 2.85 bits per heavy atom. The van der Waals surface area contributed by atoms with Crippen LogP contribution in [-0.2, 0) is 0 Å². The number of thioether (sulfide) groups is 1. The molecule has 1 aromatic rings. The van der Waals surface area contributed by atoms with Crippen molar-refractivity contribution in [1.82, 2.24) is 0 Å². The average molecular weight is 309 g/mol. The van der Waals surface area contributed by atoms with Crippen molar-refractivity contribution in [2.24, 2.45) is 5.73 Å². The predicted molar refractivity (Wildman–Crippen MR) is 81.3 cm³/mol. The zero-order valence-corrected chi connectivity index (χ0v) is 11.9. The molecule has 0 heterocycles. The molecule has 0 unspecified atom stereocenters. The molecule has 0 saturated carbocycles. The second kappa shape index (κ2) is 7.59. The Balaban J connectivity index is 3.20. The Kier molecular flexibility index (Phi) is 6.11. The molecule has 6 nitrogen and oxygen atoms in total. The number of hydrogen-bond donors (Lipinski definition) is 2. The first kappa shape index (κ1) is 16.1. The van der Waals surface area contributed by atoms with Crippen molar-refractivity contribution in [3.05, 3.63) is 39.4 Å². The molecule has 0 fully saturated rings. The molecule has 20 heavy (non-hydrogen) atoms. The molecule has 0 aromatic heterocycles. The molecule has 104 valence electrons. The molecule has 0 aliphatic rings. The van der Waals surface area contributed by atoms with Gasteiger partial charge in [-0.05, 0) is 17.7 Å². The number of nitriles is 1. The van der Waals surface area contributed by atoms with Gasteiger partial charge in [-0.25, -0.2) is 0 Å². The maximum absolute atomic E-state index is 11.0. The van der Waals surface area contributed by atoms with Gasteiger partial charge in [-0.2, -0.15) is 5.26 Å². The van der Waals surface area contributed by atoms with E-state index in [1.165, 1.54) is 23.9 Å². The lowest BCUT2D eigenvalue weighted by Crippen LogP contribution is -2.09. The molecule has 0 radical (unpaired) electrons. The van der Waals surface area contributed by atoms with E-state index in [9.17, 15) is 10.1 Å². The summed E-state index contributed by atoms with van der Waals surface area (Å²) >= 11 is 5.89. The molecule has 0 amide bonds. The van der Waals surface area contributed by atoms with Gasteiger partial charge in [0.05, 0.1) is 22.0 Å². The van der Waals surface area contributed by atoms with Gasteiger partial charge in [0.2, 0.25) is 0 Å². The topological polar surface area (TPSA) is 113 Å². The summed E-state index contributed by atoms with van der Waals surface area (Å²) < 4.78 is 0. The maximum atomic E-state index is 11.0. The van der Waals surface area contributed by atoms with E-state index in [0.717, 1.165) is 0 Å². The second-order valence-electron chi connectivity index (χ2n) is 3.59. The molecule has 1 aromatic carbocycles. The van der Waals surface area contributed by atoms with Crippen LogP contribution < -0.4 is 5.73 Å². The number of nitro benzene ring substituents is 1. The zero-order chi connectivity index (χ0) is 15.1. The zero-order valence-electron chi connectivity index (χ0n) is 10.3. The Hall–Kier alpha value is -1.95. The van der Waals surface area contributed by atoms with Gasteiger partial charge in [0.15, 0.2) is 0 Å². The van der Waals surface area contributed by atoms with Crippen molar-refractivity contribution in [2.75, 3.05) is 12.4 Å². The number of aliphatic hydroxyl groups is 1. The van der Waals surface area contributed by atoms with Crippen LogP contribution in [0, 0.1) is 21.4 Å². The largest absolute Gasteiger partial charge is 0.396 e. The van der Waals surface area contributed by atoms with Crippen LogP contribution >= 0.6 is 24.0 Å². The molecule has 0 aliphatic carbocycles. The molecule has 0 bridgehead atoms. The van der Waals surface area contributed by atoms with Crippen LogP contribution in [-0.4, -0.2) is 27.4 Å². The monoisotopic (exact) mass is 309 g/mol. The van der Waals surface area contributed by atoms with Gasteiger partial charge in [-0.1, -0.05) is 18.3 Å². The fraction of sp³-hybridized carbons (Fsp3) is 0.167. The minimum atomic E-state index is -0.510. The Labute approximate surface area is 125 Å². The number of hydrogen-bond acceptors (Lipinski definition) is 6. The smallest absolute Gasteiger partial charge is 0.283 e. The fourth-order valence-corrected chi connectivity index (χ4v) is 2.23. The van der Waals surface area contributed by atoms with E-state index < -0.39 is 4.92 Å². The predicted octanol–water partition coefficient (Wildman–Crippen LogP) is 1.87. The van der Waals surface area contributed by atoms with E-state index in [2.05, 4.69) is 0 Å². The summed E-state index contributed by atoms with van der Waals surface area (Å²) in [7, 11) is 0. The minimum absolute atomic E-state index is 0.0612. The van der Waals surface area contributed by atoms with Gasteiger partial charge in [0, 0.05) is 11.8 Å². The second-order valence-corrected chi connectivity index (χ2v) is 5.17. The van der Waals surface area contributed by atoms with Crippen LogP contribution in [0.25, 0.3) is 6.08 Å². The molecule has 0 saturated heterocycles. The Morgan fingerprint density at radius 1 is 1.65 bits per heavy atom. The summed E-state index contributed by atoms with van der Waals surface area (Å²) in [6.07, 6.45) is 1.40. The van der Waals surface area contributed by atoms with Crippen molar-refractivity contribution >= 4 is 40.7 Å². The molecule has 3 N–H and O–H groups in total. The van der Waals surface area contributed by atoms with Gasteiger partial charge in [-0.3, -0.25) is 10.1 Å². The van der Waals surface area contributed by atoms with E-state index in [1.54, 1.807) is 12.1 Å². The summed E-state index contributed by atoms with van der Waals surface area (Å²) in [6, 6.07) is 6.37. The summed E-state index contributed by atoms with van der Waals surface area (Å²) in [6.45, 7) is -0.0660. The van der Waals surface area contributed by atoms with Crippen molar-refractivity contribution in [2.45, 2.75) is 4.90 Å². The van der Waals surface area contributed by atoms with Crippen LogP contribution in [0.1, 0.15) is 5.56 Å².